The minimum absolute atomic E-state index is 0.560. The van der Waals surface area contributed by atoms with Gasteiger partial charge in [-0.05, 0) is 43.3 Å². The Bertz CT molecular complexity index is 1150. The van der Waals surface area contributed by atoms with Crippen LogP contribution in [0.25, 0.3) is 16.2 Å². The van der Waals surface area contributed by atoms with Gasteiger partial charge in [0.05, 0.1) is 9.21 Å². The van der Waals surface area contributed by atoms with Gasteiger partial charge in [-0.15, -0.1) is 11.3 Å². The minimum atomic E-state index is 0.560. The lowest BCUT2D eigenvalue weighted by Crippen LogP contribution is -2.15. The van der Waals surface area contributed by atoms with Gasteiger partial charge < -0.3 is 14.8 Å². The van der Waals surface area contributed by atoms with E-state index >= 15 is 0 Å². The molecule has 0 fully saturated rings. The van der Waals surface area contributed by atoms with Gasteiger partial charge in [-0.25, -0.2) is 4.98 Å². The summed E-state index contributed by atoms with van der Waals surface area (Å²) in [5.74, 6) is 2.42. The molecule has 4 heterocycles. The predicted molar refractivity (Wildman–Crippen MR) is 109 cm³/mol. The molecule has 4 aromatic rings. The first-order valence-corrected chi connectivity index (χ1v) is 9.79. The van der Waals surface area contributed by atoms with E-state index in [4.69, 9.17) is 26.1 Å². The molecular weight excluding hydrogens is 382 g/mol. The Kier molecular flexibility index (Phi) is 3.95. The van der Waals surface area contributed by atoms with E-state index in [9.17, 15) is 0 Å². The largest absolute Gasteiger partial charge is 0.486 e. The van der Waals surface area contributed by atoms with Crippen LogP contribution < -0.4 is 14.8 Å². The lowest BCUT2D eigenvalue weighted by molar-refractivity contribution is 0.171. The first kappa shape index (κ1) is 16.5. The summed E-state index contributed by atoms with van der Waals surface area (Å²) < 4.78 is 14.2. The lowest BCUT2D eigenvalue weighted by atomic mass is 10.2. The van der Waals surface area contributed by atoms with Crippen LogP contribution in [0.5, 0.6) is 11.5 Å². The zero-order chi connectivity index (χ0) is 18.4. The lowest BCUT2D eigenvalue weighted by Gasteiger charge is -2.19. The van der Waals surface area contributed by atoms with Gasteiger partial charge in [0.2, 0.25) is 0 Å². The van der Waals surface area contributed by atoms with Crippen LogP contribution in [0.4, 0.5) is 11.5 Å². The molecule has 0 aliphatic carbocycles. The second-order valence-electron chi connectivity index (χ2n) is 6.26. The number of imidazole rings is 1. The van der Waals surface area contributed by atoms with Gasteiger partial charge in [0.15, 0.2) is 11.5 Å². The van der Waals surface area contributed by atoms with E-state index in [0.717, 1.165) is 49.3 Å². The molecule has 0 saturated carbocycles. The molecule has 27 heavy (non-hydrogen) atoms. The number of anilines is 2. The number of pyridine rings is 1. The van der Waals surface area contributed by atoms with E-state index < -0.39 is 0 Å². The van der Waals surface area contributed by atoms with Gasteiger partial charge in [-0.1, -0.05) is 17.7 Å². The standard InChI is InChI=1S/C20H16ClN3O2S/c1-12-3-2-4-18-23-19(16-7-8-17(21)27-16)20(24(12)18)22-13-5-6-14-15(11-13)26-10-9-25-14/h2-8,11,22H,9-10H2,1H3. The number of aryl methyl sites for hydroxylation is 1. The smallest absolute Gasteiger partial charge is 0.163 e. The number of halogens is 1. The summed E-state index contributed by atoms with van der Waals surface area (Å²) in [5.41, 5.74) is 3.76. The van der Waals surface area contributed by atoms with Crippen molar-refractivity contribution in [3.05, 3.63) is 58.6 Å². The number of thiophene rings is 1. The molecule has 5 nitrogen and oxygen atoms in total. The van der Waals surface area contributed by atoms with E-state index in [2.05, 4.69) is 22.7 Å². The number of ether oxygens (including phenoxy) is 2. The Balaban J connectivity index is 1.65. The Morgan fingerprint density at radius 3 is 2.74 bits per heavy atom. The summed E-state index contributed by atoms with van der Waals surface area (Å²) in [6, 6.07) is 15.8. The van der Waals surface area contributed by atoms with Crippen molar-refractivity contribution in [2.24, 2.45) is 0 Å². The van der Waals surface area contributed by atoms with Crippen molar-refractivity contribution in [1.29, 1.82) is 0 Å². The van der Waals surface area contributed by atoms with E-state index in [1.54, 1.807) is 0 Å². The molecule has 0 spiro atoms. The number of aromatic nitrogens is 2. The molecule has 1 aliphatic rings. The first-order chi connectivity index (χ1) is 13.2. The molecular formula is C20H16ClN3O2S. The molecule has 0 amide bonds. The van der Waals surface area contributed by atoms with E-state index in [1.807, 2.05) is 42.5 Å². The fourth-order valence-electron chi connectivity index (χ4n) is 3.24. The second-order valence-corrected chi connectivity index (χ2v) is 7.97. The topological polar surface area (TPSA) is 47.8 Å². The highest BCUT2D eigenvalue weighted by Gasteiger charge is 2.18. The van der Waals surface area contributed by atoms with Gasteiger partial charge in [-0.3, -0.25) is 4.40 Å². The highest BCUT2D eigenvalue weighted by Crippen LogP contribution is 2.39. The highest BCUT2D eigenvalue weighted by molar-refractivity contribution is 7.19. The summed E-state index contributed by atoms with van der Waals surface area (Å²) >= 11 is 7.68. The van der Waals surface area contributed by atoms with Gasteiger partial charge in [0.25, 0.3) is 0 Å². The maximum absolute atomic E-state index is 6.17. The Morgan fingerprint density at radius 1 is 1.07 bits per heavy atom. The third-order valence-corrected chi connectivity index (χ3v) is 5.69. The third kappa shape index (κ3) is 2.91. The molecule has 7 heteroatoms. The average molecular weight is 398 g/mol. The van der Waals surface area contributed by atoms with E-state index in [0.29, 0.717) is 13.2 Å². The predicted octanol–water partition coefficient (Wildman–Crippen LogP) is 5.54. The summed E-state index contributed by atoms with van der Waals surface area (Å²) in [6.07, 6.45) is 0. The fraction of sp³-hybridized carbons (Fsp3) is 0.150. The summed E-state index contributed by atoms with van der Waals surface area (Å²) in [6.45, 7) is 3.20. The number of benzene rings is 1. The molecule has 3 aromatic heterocycles. The summed E-state index contributed by atoms with van der Waals surface area (Å²) in [7, 11) is 0. The van der Waals surface area contributed by atoms with Crippen LogP contribution in [0.2, 0.25) is 4.34 Å². The minimum Gasteiger partial charge on any atom is -0.486 e. The van der Waals surface area contributed by atoms with Crippen molar-refractivity contribution in [3.8, 4) is 22.1 Å². The van der Waals surface area contributed by atoms with Gasteiger partial charge in [0.1, 0.15) is 30.4 Å². The van der Waals surface area contributed by atoms with Crippen molar-refractivity contribution >= 4 is 40.1 Å². The zero-order valence-corrected chi connectivity index (χ0v) is 16.1. The average Bonchev–Trinajstić information content (AvgIpc) is 3.26. The van der Waals surface area contributed by atoms with Crippen molar-refractivity contribution in [2.45, 2.75) is 6.92 Å². The number of nitrogens with zero attached hydrogens (tertiary/aromatic N) is 2. The van der Waals surface area contributed by atoms with Crippen molar-refractivity contribution in [2.75, 3.05) is 18.5 Å². The first-order valence-electron chi connectivity index (χ1n) is 8.59. The highest BCUT2D eigenvalue weighted by atomic mass is 35.5. The van der Waals surface area contributed by atoms with Crippen molar-refractivity contribution in [3.63, 3.8) is 0 Å². The van der Waals surface area contributed by atoms with E-state index in [1.165, 1.54) is 11.3 Å². The van der Waals surface area contributed by atoms with Crippen LogP contribution in [0.15, 0.2) is 48.5 Å². The molecule has 0 radical (unpaired) electrons. The SMILES string of the molecule is Cc1cccc2nc(-c3ccc(Cl)s3)c(Nc3ccc4c(c3)OCCO4)n12. The Hall–Kier alpha value is -2.70. The second kappa shape index (κ2) is 6.48. The fourth-order valence-corrected chi connectivity index (χ4v) is 4.27. The number of hydrogen-bond donors (Lipinski definition) is 1. The maximum atomic E-state index is 6.17. The normalized spacial score (nSPS) is 13.1. The van der Waals surface area contributed by atoms with E-state index in [-0.39, 0.29) is 0 Å². The molecule has 1 aromatic carbocycles. The van der Waals surface area contributed by atoms with Gasteiger partial charge >= 0.3 is 0 Å². The monoisotopic (exact) mass is 397 g/mol. The number of fused-ring (bicyclic) bond motifs is 2. The summed E-state index contributed by atoms with van der Waals surface area (Å²) in [5, 5.41) is 3.52. The quantitative estimate of drug-likeness (QED) is 0.493. The van der Waals surface area contributed by atoms with Crippen molar-refractivity contribution < 1.29 is 9.47 Å². The Morgan fingerprint density at radius 2 is 1.93 bits per heavy atom. The Labute approximate surface area is 165 Å². The third-order valence-electron chi connectivity index (χ3n) is 4.45. The number of rotatable bonds is 3. The zero-order valence-electron chi connectivity index (χ0n) is 14.5. The molecule has 5 rings (SSSR count). The molecule has 1 aliphatic heterocycles. The van der Waals surface area contributed by atoms with Gasteiger partial charge in [-0.2, -0.15) is 0 Å². The molecule has 0 saturated heterocycles. The van der Waals surface area contributed by atoms with Gasteiger partial charge in [0, 0.05) is 17.4 Å². The number of hydrogen-bond acceptors (Lipinski definition) is 5. The van der Waals surface area contributed by atoms with Crippen molar-refractivity contribution in [1.82, 2.24) is 9.38 Å². The van der Waals surface area contributed by atoms with Crippen LogP contribution >= 0.6 is 22.9 Å². The number of nitrogens with one attached hydrogen (secondary N) is 1. The molecule has 1 N–H and O–H groups in total. The van der Waals surface area contributed by atoms with Crippen LogP contribution in [0.3, 0.4) is 0 Å². The van der Waals surface area contributed by atoms with Crippen LogP contribution in [0, 0.1) is 6.92 Å². The molecule has 0 unspecified atom stereocenters. The molecule has 136 valence electrons. The van der Waals surface area contributed by atoms with Crippen LogP contribution in [-0.4, -0.2) is 22.6 Å². The van der Waals surface area contributed by atoms with Crippen LogP contribution in [-0.2, 0) is 0 Å². The van der Waals surface area contributed by atoms with Crippen LogP contribution in [0.1, 0.15) is 5.69 Å². The summed E-state index contributed by atoms with van der Waals surface area (Å²) in [4.78, 5) is 5.85. The molecule has 0 atom stereocenters. The maximum Gasteiger partial charge on any atom is 0.163 e. The molecule has 0 bridgehead atoms.